The molecule has 0 aliphatic carbocycles. The number of amides is 1. The summed E-state index contributed by atoms with van der Waals surface area (Å²) in [6, 6.07) is 13.8. The molecule has 0 unspecified atom stereocenters. The molecule has 3 N–H and O–H groups in total. The number of fused-ring (bicyclic) bond motifs is 1. The number of aromatic nitrogens is 3. The van der Waals surface area contributed by atoms with Crippen molar-refractivity contribution in [3.8, 4) is 0 Å². The maximum atomic E-state index is 13.8. The first kappa shape index (κ1) is 24.4. The third-order valence-electron chi connectivity index (χ3n) is 5.79. The maximum absolute atomic E-state index is 13.8. The molecule has 0 spiro atoms. The number of nitrogens with zero attached hydrogens (tertiary/aromatic N) is 3. The molecule has 35 heavy (non-hydrogen) atoms. The van der Waals surface area contributed by atoms with E-state index in [-0.39, 0.29) is 13.0 Å². The highest BCUT2D eigenvalue weighted by Crippen LogP contribution is 2.13. The Kier molecular flexibility index (Phi) is 7.79. The zero-order valence-corrected chi connectivity index (χ0v) is 19.3. The second kappa shape index (κ2) is 11.2. The molecule has 4 aromatic rings. The fraction of sp³-hybridized carbons (Fsp3) is 0.269. The Balaban J connectivity index is 1.47. The van der Waals surface area contributed by atoms with Crippen molar-refractivity contribution in [1.82, 2.24) is 25.2 Å². The molecular formula is C26H27F2N5O2. The summed E-state index contributed by atoms with van der Waals surface area (Å²) < 4.78 is 29.1. The average molecular weight is 480 g/mol. The van der Waals surface area contributed by atoms with Gasteiger partial charge in [0.05, 0.1) is 17.7 Å². The molecule has 4 rings (SSSR count). The van der Waals surface area contributed by atoms with Crippen LogP contribution in [-0.4, -0.2) is 44.3 Å². The smallest absolute Gasteiger partial charge is 0.253 e. The number of hydrogen-bond acceptors (Lipinski definition) is 5. The molecule has 2 heterocycles. The van der Waals surface area contributed by atoms with Crippen molar-refractivity contribution in [3.63, 3.8) is 0 Å². The number of aliphatic hydroxyl groups is 1. The van der Waals surface area contributed by atoms with Crippen LogP contribution in [0.2, 0.25) is 0 Å². The van der Waals surface area contributed by atoms with Crippen molar-refractivity contribution in [3.05, 3.63) is 101 Å². The Labute approximate surface area is 201 Å². The van der Waals surface area contributed by atoms with Gasteiger partial charge in [-0.05, 0) is 53.8 Å². The molecule has 0 fully saturated rings. The van der Waals surface area contributed by atoms with Crippen LogP contribution in [-0.2, 0) is 19.4 Å². The Morgan fingerprint density at radius 1 is 1.06 bits per heavy atom. The lowest BCUT2D eigenvalue weighted by molar-refractivity contribution is 0.0829. The third kappa shape index (κ3) is 6.46. The van der Waals surface area contributed by atoms with E-state index in [0.717, 1.165) is 18.1 Å². The molecule has 182 valence electrons. The van der Waals surface area contributed by atoms with Gasteiger partial charge in [0.15, 0.2) is 5.65 Å². The predicted molar refractivity (Wildman–Crippen MR) is 128 cm³/mol. The fourth-order valence-corrected chi connectivity index (χ4v) is 3.95. The number of rotatable bonds is 10. The molecule has 7 nitrogen and oxygen atoms in total. The number of halogens is 2. The minimum absolute atomic E-state index is 0.0451. The van der Waals surface area contributed by atoms with Crippen molar-refractivity contribution in [1.29, 1.82) is 0 Å². The normalized spacial score (nSPS) is 13.0. The minimum Gasteiger partial charge on any atom is -0.390 e. The van der Waals surface area contributed by atoms with Crippen LogP contribution in [0.5, 0.6) is 0 Å². The van der Waals surface area contributed by atoms with E-state index in [2.05, 4.69) is 39.9 Å². The zero-order chi connectivity index (χ0) is 24.8. The molecule has 0 radical (unpaired) electrons. The van der Waals surface area contributed by atoms with Crippen LogP contribution in [0.4, 0.5) is 8.78 Å². The van der Waals surface area contributed by atoms with Gasteiger partial charge in [0.2, 0.25) is 0 Å². The number of aryl methyl sites for hydroxylation is 1. The van der Waals surface area contributed by atoms with Crippen LogP contribution in [0.25, 0.3) is 5.65 Å². The zero-order valence-electron chi connectivity index (χ0n) is 19.3. The number of carbonyl (C=O) groups is 1. The summed E-state index contributed by atoms with van der Waals surface area (Å²) in [6.07, 6.45) is 3.01. The predicted octanol–water partition coefficient (Wildman–Crippen LogP) is 3.06. The lowest BCUT2D eigenvalue weighted by Crippen LogP contribution is -2.48. The maximum Gasteiger partial charge on any atom is 0.253 e. The first-order chi connectivity index (χ1) is 16.9. The van der Waals surface area contributed by atoms with Gasteiger partial charge in [0, 0.05) is 25.4 Å². The monoisotopic (exact) mass is 479 g/mol. The first-order valence-corrected chi connectivity index (χ1v) is 11.4. The minimum atomic E-state index is -1.02. The van der Waals surface area contributed by atoms with Gasteiger partial charge < -0.3 is 15.7 Å². The highest BCUT2D eigenvalue weighted by Gasteiger charge is 2.23. The Hall–Kier alpha value is -3.69. The van der Waals surface area contributed by atoms with E-state index in [0.29, 0.717) is 23.3 Å². The summed E-state index contributed by atoms with van der Waals surface area (Å²) in [5, 5.41) is 24.7. The highest BCUT2D eigenvalue weighted by atomic mass is 19.1. The second-order valence-electron chi connectivity index (χ2n) is 8.45. The van der Waals surface area contributed by atoms with Gasteiger partial charge in [-0.25, -0.2) is 8.78 Å². The summed E-state index contributed by atoms with van der Waals surface area (Å²) in [6.45, 7) is 2.79. The largest absolute Gasteiger partial charge is 0.390 e. The number of pyridine rings is 1. The molecule has 0 bridgehead atoms. The molecule has 2 aromatic heterocycles. The van der Waals surface area contributed by atoms with Crippen molar-refractivity contribution >= 4 is 11.6 Å². The van der Waals surface area contributed by atoms with Gasteiger partial charge in [0.25, 0.3) is 5.91 Å². The summed E-state index contributed by atoms with van der Waals surface area (Å²) >= 11 is 0. The van der Waals surface area contributed by atoms with Gasteiger partial charge in [-0.2, -0.15) is 0 Å². The van der Waals surface area contributed by atoms with Crippen LogP contribution < -0.4 is 10.6 Å². The summed E-state index contributed by atoms with van der Waals surface area (Å²) in [7, 11) is 0. The molecular weight excluding hydrogens is 452 g/mol. The van der Waals surface area contributed by atoms with Gasteiger partial charge in [-0.1, -0.05) is 31.2 Å². The molecule has 2 atom stereocenters. The standard InChI is InChI=1S/C26H27F2N5O2/c1-2-17-4-3-5-18(8-17)13-29-14-24(34)23(11-19-9-21(27)12-22(28)10-19)31-26(35)20-6-7-25-32-30-16-33(25)15-20/h3-10,12,15-16,23-24,29,34H,2,11,13-14H2,1H3,(H,31,35)/t23-,24-/m0/s1. The van der Waals surface area contributed by atoms with Crippen LogP contribution in [0.1, 0.15) is 34.0 Å². The lowest BCUT2D eigenvalue weighted by Gasteiger charge is -2.25. The van der Waals surface area contributed by atoms with Gasteiger partial charge in [-0.15, -0.1) is 10.2 Å². The van der Waals surface area contributed by atoms with Crippen LogP contribution in [0.3, 0.4) is 0 Å². The molecule has 1 amide bonds. The van der Waals surface area contributed by atoms with E-state index in [4.69, 9.17) is 0 Å². The van der Waals surface area contributed by atoms with E-state index in [1.165, 1.54) is 24.0 Å². The van der Waals surface area contributed by atoms with E-state index in [1.807, 2.05) is 12.1 Å². The van der Waals surface area contributed by atoms with Gasteiger partial charge >= 0.3 is 0 Å². The van der Waals surface area contributed by atoms with Crippen molar-refractivity contribution < 1.29 is 18.7 Å². The summed E-state index contributed by atoms with van der Waals surface area (Å²) in [5.41, 5.74) is 3.55. The fourth-order valence-electron chi connectivity index (χ4n) is 3.95. The summed E-state index contributed by atoms with van der Waals surface area (Å²) in [4.78, 5) is 13.0. The summed E-state index contributed by atoms with van der Waals surface area (Å²) in [5.74, 6) is -1.87. The van der Waals surface area contributed by atoms with Gasteiger partial charge in [-0.3, -0.25) is 9.20 Å². The van der Waals surface area contributed by atoms with E-state index in [1.54, 1.807) is 22.7 Å². The van der Waals surface area contributed by atoms with E-state index < -0.39 is 29.7 Å². The molecule has 0 saturated carbocycles. The Morgan fingerprint density at radius 2 is 1.83 bits per heavy atom. The topological polar surface area (TPSA) is 91.5 Å². The number of nitrogens with one attached hydrogen (secondary N) is 2. The van der Waals surface area contributed by atoms with Crippen LogP contribution in [0.15, 0.2) is 67.1 Å². The molecule has 0 aliphatic rings. The van der Waals surface area contributed by atoms with Crippen molar-refractivity contribution in [2.24, 2.45) is 0 Å². The van der Waals surface area contributed by atoms with Crippen LogP contribution >= 0.6 is 0 Å². The van der Waals surface area contributed by atoms with E-state index in [9.17, 15) is 18.7 Å². The number of benzene rings is 2. The Bertz CT molecular complexity index is 1290. The Morgan fingerprint density at radius 3 is 2.60 bits per heavy atom. The van der Waals surface area contributed by atoms with Crippen LogP contribution in [0, 0.1) is 11.6 Å². The SMILES string of the molecule is CCc1cccc(CNC[C@H](O)[C@H](Cc2cc(F)cc(F)c2)NC(=O)c2ccc3nncn3c2)c1. The molecule has 9 heteroatoms. The van der Waals surface area contributed by atoms with Crippen molar-refractivity contribution in [2.45, 2.75) is 38.5 Å². The average Bonchev–Trinajstić information content (AvgIpc) is 3.31. The second-order valence-corrected chi connectivity index (χ2v) is 8.45. The third-order valence-corrected chi connectivity index (χ3v) is 5.79. The lowest BCUT2D eigenvalue weighted by atomic mass is 10.00. The highest BCUT2D eigenvalue weighted by molar-refractivity contribution is 5.94. The van der Waals surface area contributed by atoms with Crippen molar-refractivity contribution in [2.75, 3.05) is 6.54 Å². The molecule has 2 aromatic carbocycles. The molecule has 0 saturated heterocycles. The number of carbonyl (C=O) groups excluding carboxylic acids is 1. The molecule has 0 aliphatic heterocycles. The first-order valence-electron chi connectivity index (χ1n) is 11.4. The number of hydrogen-bond donors (Lipinski definition) is 3. The van der Waals surface area contributed by atoms with E-state index >= 15 is 0 Å². The van der Waals surface area contributed by atoms with Gasteiger partial charge in [0.1, 0.15) is 18.0 Å². The quantitative estimate of drug-likeness (QED) is 0.325. The number of aliphatic hydroxyl groups excluding tert-OH is 1.